The van der Waals surface area contributed by atoms with Crippen molar-refractivity contribution in [3.8, 4) is 0 Å². The molecule has 1 aromatic carbocycles. The van der Waals surface area contributed by atoms with Gasteiger partial charge in [-0.15, -0.1) is 0 Å². The number of nitrogens with one attached hydrogen (secondary N) is 1. The summed E-state index contributed by atoms with van der Waals surface area (Å²) in [6.45, 7) is 1.75. The molecule has 0 bridgehead atoms. The number of esters is 1. The SMILES string of the molecule is COC(=O)c1cc(C)nc(Nc2ccc(C(N)=O)cc2)n1. The molecule has 0 saturated carbocycles. The van der Waals surface area contributed by atoms with Crippen molar-refractivity contribution >= 4 is 23.5 Å². The van der Waals surface area contributed by atoms with E-state index in [1.165, 1.54) is 13.2 Å². The lowest BCUT2D eigenvalue weighted by Crippen LogP contribution is -2.11. The molecular weight excluding hydrogens is 272 g/mol. The van der Waals surface area contributed by atoms with Crippen LogP contribution in [0.2, 0.25) is 0 Å². The van der Waals surface area contributed by atoms with Gasteiger partial charge < -0.3 is 15.8 Å². The number of ether oxygens (including phenoxy) is 1. The van der Waals surface area contributed by atoms with E-state index in [-0.39, 0.29) is 11.6 Å². The number of hydrogen-bond acceptors (Lipinski definition) is 6. The van der Waals surface area contributed by atoms with Crippen LogP contribution in [0.3, 0.4) is 0 Å². The number of methoxy groups -OCH3 is 1. The molecular formula is C14H14N4O3. The Labute approximate surface area is 121 Å². The molecule has 0 aliphatic carbocycles. The Hall–Kier alpha value is -2.96. The number of nitrogens with two attached hydrogens (primary N) is 1. The molecule has 1 aromatic heterocycles. The predicted molar refractivity (Wildman–Crippen MR) is 76.4 cm³/mol. The molecule has 0 aliphatic heterocycles. The molecule has 0 atom stereocenters. The number of rotatable bonds is 4. The molecule has 21 heavy (non-hydrogen) atoms. The Bertz CT molecular complexity index is 683. The molecule has 1 amide bonds. The van der Waals surface area contributed by atoms with Crippen molar-refractivity contribution in [3.63, 3.8) is 0 Å². The molecule has 7 nitrogen and oxygen atoms in total. The topological polar surface area (TPSA) is 107 Å². The fourth-order valence-electron chi connectivity index (χ4n) is 1.68. The van der Waals surface area contributed by atoms with Gasteiger partial charge in [0, 0.05) is 16.9 Å². The van der Waals surface area contributed by atoms with Gasteiger partial charge in [-0.25, -0.2) is 14.8 Å². The maximum absolute atomic E-state index is 11.5. The van der Waals surface area contributed by atoms with E-state index in [2.05, 4.69) is 20.0 Å². The molecule has 1 heterocycles. The zero-order chi connectivity index (χ0) is 15.4. The smallest absolute Gasteiger partial charge is 0.356 e. The minimum atomic E-state index is -0.535. The van der Waals surface area contributed by atoms with E-state index >= 15 is 0 Å². The first kappa shape index (κ1) is 14.4. The van der Waals surface area contributed by atoms with E-state index in [1.807, 2.05) is 0 Å². The number of nitrogens with zero attached hydrogens (tertiary/aromatic N) is 2. The highest BCUT2D eigenvalue weighted by molar-refractivity contribution is 5.93. The summed E-state index contributed by atoms with van der Waals surface area (Å²) >= 11 is 0. The number of anilines is 2. The van der Waals surface area contributed by atoms with Crippen LogP contribution in [0.5, 0.6) is 0 Å². The Balaban J connectivity index is 2.24. The van der Waals surface area contributed by atoms with E-state index in [0.717, 1.165) is 0 Å². The minimum Gasteiger partial charge on any atom is -0.464 e. The summed E-state index contributed by atoms with van der Waals surface area (Å²) < 4.78 is 4.63. The van der Waals surface area contributed by atoms with Crippen LogP contribution in [0.15, 0.2) is 30.3 Å². The van der Waals surface area contributed by atoms with Gasteiger partial charge in [0.05, 0.1) is 7.11 Å². The van der Waals surface area contributed by atoms with Crippen LogP contribution in [0.25, 0.3) is 0 Å². The third kappa shape index (κ3) is 3.53. The normalized spacial score (nSPS) is 10.0. The van der Waals surface area contributed by atoms with Gasteiger partial charge >= 0.3 is 5.97 Å². The quantitative estimate of drug-likeness (QED) is 0.823. The molecule has 0 spiro atoms. The summed E-state index contributed by atoms with van der Waals surface area (Å²) in [5.41, 5.74) is 7.04. The van der Waals surface area contributed by atoms with Crippen molar-refractivity contribution in [2.75, 3.05) is 12.4 Å². The average molecular weight is 286 g/mol. The van der Waals surface area contributed by atoms with Crippen molar-refractivity contribution < 1.29 is 14.3 Å². The number of primary amides is 1. The largest absolute Gasteiger partial charge is 0.464 e. The van der Waals surface area contributed by atoms with Crippen LogP contribution in [-0.2, 0) is 4.74 Å². The van der Waals surface area contributed by atoms with Gasteiger partial charge in [0.2, 0.25) is 11.9 Å². The lowest BCUT2D eigenvalue weighted by Gasteiger charge is -2.07. The van der Waals surface area contributed by atoms with E-state index in [9.17, 15) is 9.59 Å². The fourth-order valence-corrected chi connectivity index (χ4v) is 1.68. The molecule has 7 heteroatoms. The van der Waals surface area contributed by atoms with Crippen LogP contribution in [0.1, 0.15) is 26.5 Å². The van der Waals surface area contributed by atoms with Gasteiger partial charge in [-0.05, 0) is 37.3 Å². The van der Waals surface area contributed by atoms with Crippen LogP contribution in [0.4, 0.5) is 11.6 Å². The molecule has 2 aromatic rings. The Kier molecular flexibility index (Phi) is 4.13. The maximum Gasteiger partial charge on any atom is 0.356 e. The monoisotopic (exact) mass is 286 g/mol. The number of benzene rings is 1. The zero-order valence-electron chi connectivity index (χ0n) is 11.6. The highest BCUT2D eigenvalue weighted by atomic mass is 16.5. The van der Waals surface area contributed by atoms with Gasteiger partial charge in [-0.2, -0.15) is 0 Å². The van der Waals surface area contributed by atoms with E-state index in [1.54, 1.807) is 31.2 Å². The first-order valence-electron chi connectivity index (χ1n) is 6.10. The van der Waals surface area contributed by atoms with Gasteiger partial charge in [0.25, 0.3) is 0 Å². The van der Waals surface area contributed by atoms with Crippen molar-refractivity contribution in [2.45, 2.75) is 6.92 Å². The van der Waals surface area contributed by atoms with E-state index in [4.69, 9.17) is 5.73 Å². The predicted octanol–water partition coefficient (Wildman–Crippen LogP) is 1.41. The van der Waals surface area contributed by atoms with Crippen molar-refractivity contribution in [1.82, 2.24) is 9.97 Å². The summed E-state index contributed by atoms with van der Waals surface area (Å²) in [7, 11) is 1.29. The summed E-state index contributed by atoms with van der Waals surface area (Å²) in [6, 6.07) is 8.05. The molecule has 0 aliphatic rings. The summed E-state index contributed by atoms with van der Waals surface area (Å²) in [5, 5.41) is 2.95. The van der Waals surface area contributed by atoms with Gasteiger partial charge in [0.15, 0.2) is 5.69 Å². The number of aryl methyl sites for hydroxylation is 1. The van der Waals surface area contributed by atoms with Crippen molar-refractivity contribution in [2.24, 2.45) is 5.73 Å². The molecule has 2 rings (SSSR count). The third-order valence-corrected chi connectivity index (χ3v) is 2.67. The first-order valence-corrected chi connectivity index (χ1v) is 6.10. The van der Waals surface area contributed by atoms with Gasteiger partial charge in [0.1, 0.15) is 0 Å². The number of hydrogen-bond donors (Lipinski definition) is 2. The number of carbonyl (C=O) groups is 2. The second-order valence-corrected chi connectivity index (χ2v) is 4.28. The fraction of sp³-hybridized carbons (Fsp3) is 0.143. The number of aromatic nitrogens is 2. The lowest BCUT2D eigenvalue weighted by atomic mass is 10.2. The lowest BCUT2D eigenvalue weighted by molar-refractivity contribution is 0.0593. The highest BCUT2D eigenvalue weighted by Gasteiger charge is 2.10. The minimum absolute atomic E-state index is 0.168. The Morgan fingerprint density at radius 3 is 2.43 bits per heavy atom. The van der Waals surface area contributed by atoms with Crippen molar-refractivity contribution in [1.29, 1.82) is 0 Å². The first-order chi connectivity index (χ1) is 9.99. The molecule has 0 radical (unpaired) electrons. The average Bonchev–Trinajstić information content (AvgIpc) is 2.46. The summed E-state index contributed by atoms with van der Waals surface area (Å²) in [5.74, 6) is -0.767. The molecule has 0 saturated heterocycles. The highest BCUT2D eigenvalue weighted by Crippen LogP contribution is 2.15. The standard InChI is InChI=1S/C14H14N4O3/c1-8-7-11(13(20)21-2)18-14(16-8)17-10-5-3-9(4-6-10)12(15)19/h3-7H,1-2H3,(H2,15,19)(H,16,17,18). The molecule has 108 valence electrons. The zero-order valence-corrected chi connectivity index (χ0v) is 11.6. The van der Waals surface area contributed by atoms with E-state index in [0.29, 0.717) is 16.9 Å². The molecule has 0 unspecified atom stereocenters. The van der Waals surface area contributed by atoms with Crippen molar-refractivity contribution in [3.05, 3.63) is 47.3 Å². The summed E-state index contributed by atoms with van der Waals surface area (Å²) in [4.78, 5) is 30.7. The molecule has 0 fully saturated rings. The Morgan fingerprint density at radius 2 is 1.86 bits per heavy atom. The van der Waals surface area contributed by atoms with Gasteiger partial charge in [-0.3, -0.25) is 4.79 Å². The third-order valence-electron chi connectivity index (χ3n) is 2.67. The second kappa shape index (κ2) is 6.00. The number of carbonyl (C=O) groups excluding carboxylic acids is 2. The molecule has 3 N–H and O–H groups in total. The maximum atomic E-state index is 11.5. The second-order valence-electron chi connectivity index (χ2n) is 4.28. The van der Waals surface area contributed by atoms with E-state index < -0.39 is 11.9 Å². The van der Waals surface area contributed by atoms with Crippen LogP contribution in [0, 0.1) is 6.92 Å². The summed E-state index contributed by atoms with van der Waals surface area (Å²) in [6.07, 6.45) is 0. The van der Waals surface area contributed by atoms with Crippen LogP contribution in [-0.4, -0.2) is 29.0 Å². The number of amides is 1. The van der Waals surface area contributed by atoms with Crippen LogP contribution >= 0.6 is 0 Å². The van der Waals surface area contributed by atoms with Gasteiger partial charge in [-0.1, -0.05) is 0 Å². The Morgan fingerprint density at radius 1 is 1.19 bits per heavy atom. The van der Waals surface area contributed by atoms with Crippen LogP contribution < -0.4 is 11.1 Å².